The number of hydrogen-bond acceptors (Lipinski definition) is 4. The molecule has 1 aromatic carbocycles. The van der Waals surface area contributed by atoms with Gasteiger partial charge in [0.25, 0.3) is 11.8 Å². The molecule has 3 aromatic heterocycles. The number of nitrogens with zero attached hydrogens (tertiary/aromatic N) is 2. The quantitative estimate of drug-likeness (QED) is 0.433. The van der Waals surface area contributed by atoms with E-state index in [4.69, 9.17) is 0 Å². The van der Waals surface area contributed by atoms with Gasteiger partial charge in [0.05, 0.1) is 21.4 Å². The fourth-order valence-electron chi connectivity index (χ4n) is 5.36. The molecular formula is C26H26N4O2S. The van der Waals surface area contributed by atoms with E-state index in [1.54, 1.807) is 11.3 Å². The fourth-order valence-corrected chi connectivity index (χ4v) is 6.24. The summed E-state index contributed by atoms with van der Waals surface area (Å²) in [4.78, 5) is 31.7. The predicted octanol–water partition coefficient (Wildman–Crippen LogP) is 4.48. The van der Waals surface area contributed by atoms with Gasteiger partial charge < -0.3 is 14.5 Å². The largest absolute Gasteiger partial charge is 0.360 e. The van der Waals surface area contributed by atoms with Gasteiger partial charge in [-0.25, -0.2) is 0 Å². The van der Waals surface area contributed by atoms with Crippen LogP contribution in [0, 0.1) is 5.92 Å². The number of hydrogen-bond donors (Lipinski definition) is 2. The van der Waals surface area contributed by atoms with Crippen LogP contribution in [0.1, 0.15) is 30.9 Å². The van der Waals surface area contributed by atoms with Crippen LogP contribution < -0.4 is 5.32 Å². The topological polar surface area (TPSA) is 70.1 Å². The van der Waals surface area contributed by atoms with E-state index >= 15 is 0 Å². The molecule has 7 heteroatoms. The van der Waals surface area contributed by atoms with E-state index in [2.05, 4.69) is 45.0 Å². The highest BCUT2D eigenvalue weighted by molar-refractivity contribution is 7.17. The van der Waals surface area contributed by atoms with E-state index in [9.17, 15) is 9.59 Å². The van der Waals surface area contributed by atoms with E-state index in [0.717, 1.165) is 58.4 Å². The van der Waals surface area contributed by atoms with Crippen LogP contribution in [-0.4, -0.2) is 45.9 Å². The third kappa shape index (κ3) is 3.34. The molecule has 0 bridgehead atoms. The maximum absolute atomic E-state index is 13.1. The molecule has 1 fully saturated rings. The zero-order valence-corrected chi connectivity index (χ0v) is 19.4. The van der Waals surface area contributed by atoms with Crippen LogP contribution in [0.4, 0.5) is 0 Å². The number of likely N-dealkylation sites (tertiary alicyclic amines) is 1. The lowest BCUT2D eigenvalue weighted by Gasteiger charge is -2.31. The molecule has 0 saturated carbocycles. The molecule has 0 aliphatic carbocycles. The van der Waals surface area contributed by atoms with Crippen LogP contribution in [0.15, 0.2) is 48.1 Å². The van der Waals surface area contributed by atoms with Crippen molar-refractivity contribution in [3.63, 3.8) is 0 Å². The first-order chi connectivity index (χ1) is 16.1. The van der Waals surface area contributed by atoms with Crippen molar-refractivity contribution in [1.82, 2.24) is 19.8 Å². The minimum atomic E-state index is -0.326. The highest BCUT2D eigenvalue weighted by Gasteiger charge is 2.35. The zero-order valence-electron chi connectivity index (χ0n) is 18.6. The summed E-state index contributed by atoms with van der Waals surface area (Å²) in [6.07, 6.45) is 6.29. The van der Waals surface area contributed by atoms with Gasteiger partial charge in [0.1, 0.15) is 0 Å². The lowest BCUT2D eigenvalue weighted by atomic mass is 9.96. The molecule has 0 radical (unpaired) electrons. The summed E-state index contributed by atoms with van der Waals surface area (Å²) in [7, 11) is 0. The number of para-hydroxylation sites is 1. The third-order valence-corrected chi connectivity index (χ3v) is 8.10. The van der Waals surface area contributed by atoms with Crippen LogP contribution in [0.25, 0.3) is 32.3 Å². The number of imide groups is 1. The molecule has 2 aliphatic rings. The molecule has 4 aromatic rings. The maximum Gasteiger partial charge on any atom is 0.259 e. The molecule has 2 N–H and O–H groups in total. The number of fused-ring (bicyclic) bond motifs is 2. The summed E-state index contributed by atoms with van der Waals surface area (Å²) >= 11 is 1.58. The number of piperidine rings is 1. The van der Waals surface area contributed by atoms with Gasteiger partial charge in [-0.1, -0.05) is 25.1 Å². The Morgan fingerprint density at radius 3 is 2.58 bits per heavy atom. The molecule has 168 valence electrons. The molecular weight excluding hydrogens is 432 g/mol. The second-order valence-corrected chi connectivity index (χ2v) is 9.91. The van der Waals surface area contributed by atoms with Gasteiger partial charge in [-0.15, -0.1) is 11.3 Å². The standard InChI is InChI=1S/C26H26N4O2S/c1-2-29-10-7-16(8-11-29)14-30-15-19(17-5-3-4-6-21(17)30)23-22(25(31)28-26(23)32)18-13-27-20-9-12-33-24(18)20/h3-6,9,12-13,15-16,27H,2,7-8,10-11,14H2,1H3,(H,28,31,32). The molecule has 2 aliphatic heterocycles. The van der Waals surface area contributed by atoms with E-state index in [1.807, 2.05) is 29.8 Å². The number of aromatic amines is 1. The Morgan fingerprint density at radius 1 is 1.03 bits per heavy atom. The van der Waals surface area contributed by atoms with Crippen LogP contribution in [0.5, 0.6) is 0 Å². The second-order valence-electron chi connectivity index (χ2n) is 8.99. The summed E-state index contributed by atoms with van der Waals surface area (Å²) in [6.45, 7) is 6.54. The minimum Gasteiger partial charge on any atom is -0.360 e. The third-order valence-electron chi connectivity index (χ3n) is 7.15. The van der Waals surface area contributed by atoms with Gasteiger partial charge in [0.15, 0.2) is 0 Å². The summed E-state index contributed by atoms with van der Waals surface area (Å²) in [5.41, 5.74) is 4.66. The molecule has 5 heterocycles. The number of rotatable bonds is 5. The lowest BCUT2D eigenvalue weighted by molar-refractivity contribution is -0.122. The van der Waals surface area contributed by atoms with Crippen LogP contribution in [0.3, 0.4) is 0 Å². The number of aromatic nitrogens is 2. The van der Waals surface area contributed by atoms with Crippen molar-refractivity contribution in [2.45, 2.75) is 26.3 Å². The first-order valence-corrected chi connectivity index (χ1v) is 12.5. The summed E-state index contributed by atoms with van der Waals surface area (Å²) in [5, 5.41) is 5.56. The van der Waals surface area contributed by atoms with Gasteiger partial charge in [-0.05, 0) is 55.9 Å². The Hall–Kier alpha value is -3.16. The van der Waals surface area contributed by atoms with Crippen LogP contribution >= 0.6 is 11.3 Å². The first kappa shape index (κ1) is 20.4. The number of carbonyl (C=O) groups excluding carboxylic acids is 2. The number of carbonyl (C=O) groups is 2. The molecule has 2 amide bonds. The molecule has 6 rings (SSSR count). The van der Waals surface area contributed by atoms with E-state index in [1.165, 1.54) is 12.8 Å². The molecule has 0 unspecified atom stereocenters. The smallest absolute Gasteiger partial charge is 0.259 e. The van der Waals surface area contributed by atoms with Gasteiger partial charge in [-0.2, -0.15) is 0 Å². The van der Waals surface area contributed by atoms with Crippen molar-refractivity contribution in [2.75, 3.05) is 19.6 Å². The van der Waals surface area contributed by atoms with Crippen LogP contribution in [0.2, 0.25) is 0 Å². The van der Waals surface area contributed by atoms with Crippen molar-refractivity contribution >= 4 is 55.4 Å². The average molecular weight is 459 g/mol. The molecule has 6 nitrogen and oxygen atoms in total. The summed E-state index contributed by atoms with van der Waals surface area (Å²) in [6, 6.07) is 10.2. The predicted molar refractivity (Wildman–Crippen MR) is 133 cm³/mol. The number of amides is 2. The monoisotopic (exact) mass is 458 g/mol. The van der Waals surface area contributed by atoms with Gasteiger partial charge in [0.2, 0.25) is 0 Å². The van der Waals surface area contributed by atoms with E-state index in [-0.39, 0.29) is 11.8 Å². The maximum atomic E-state index is 13.1. The van der Waals surface area contributed by atoms with Crippen molar-refractivity contribution < 1.29 is 9.59 Å². The Kier molecular flexibility index (Phi) is 4.96. The normalized spacial score (nSPS) is 18.2. The number of benzene rings is 1. The van der Waals surface area contributed by atoms with E-state index in [0.29, 0.717) is 17.1 Å². The number of nitrogens with one attached hydrogen (secondary N) is 2. The van der Waals surface area contributed by atoms with Crippen LogP contribution in [-0.2, 0) is 16.1 Å². The Balaban J connectivity index is 1.47. The molecule has 1 saturated heterocycles. The number of thiophene rings is 1. The van der Waals surface area contributed by atoms with Crippen molar-refractivity contribution in [1.29, 1.82) is 0 Å². The first-order valence-electron chi connectivity index (χ1n) is 11.6. The van der Waals surface area contributed by atoms with Gasteiger partial charge >= 0.3 is 0 Å². The Morgan fingerprint density at radius 2 is 1.79 bits per heavy atom. The van der Waals surface area contributed by atoms with Crippen molar-refractivity contribution in [3.05, 3.63) is 59.2 Å². The molecule has 33 heavy (non-hydrogen) atoms. The average Bonchev–Trinajstić information content (AvgIpc) is 3.58. The van der Waals surface area contributed by atoms with Gasteiger partial charge in [0, 0.05) is 41.0 Å². The van der Waals surface area contributed by atoms with Crippen molar-refractivity contribution in [3.8, 4) is 0 Å². The fraction of sp³-hybridized carbons (Fsp3) is 0.308. The molecule has 0 atom stereocenters. The Bertz CT molecular complexity index is 1410. The summed E-state index contributed by atoms with van der Waals surface area (Å²) in [5.74, 6) is -0.0347. The van der Waals surface area contributed by atoms with Gasteiger partial charge in [-0.3, -0.25) is 14.9 Å². The minimum absolute atomic E-state index is 0.319. The Labute approximate surface area is 195 Å². The SMILES string of the molecule is CCN1CCC(Cn2cc(C3=C(c4c[nH]c5ccsc45)C(=O)NC3=O)c3ccccc32)CC1. The second kappa shape index (κ2) is 8.01. The number of H-pyrrole nitrogens is 1. The summed E-state index contributed by atoms with van der Waals surface area (Å²) < 4.78 is 3.29. The molecule has 0 spiro atoms. The van der Waals surface area contributed by atoms with Crippen molar-refractivity contribution in [2.24, 2.45) is 5.92 Å². The highest BCUT2D eigenvalue weighted by Crippen LogP contribution is 2.39. The van der Waals surface area contributed by atoms with E-state index < -0.39 is 0 Å². The highest BCUT2D eigenvalue weighted by atomic mass is 32.1. The lowest BCUT2D eigenvalue weighted by Crippen LogP contribution is -2.34. The zero-order chi connectivity index (χ0) is 22.5.